The van der Waals surface area contributed by atoms with E-state index in [1.807, 2.05) is 16.2 Å². The zero-order chi connectivity index (χ0) is 17.4. The lowest BCUT2D eigenvalue weighted by Crippen LogP contribution is -2.45. The topological polar surface area (TPSA) is 33.5 Å². The van der Waals surface area contributed by atoms with Gasteiger partial charge in [0.25, 0.3) is 0 Å². The Bertz CT molecular complexity index is 724. The minimum atomic E-state index is -0.0843. The molecular formula is C19H23ClN4S. The smallest absolute Gasteiger partial charge is 0.0911 e. The molecule has 4 nitrogen and oxygen atoms in total. The van der Waals surface area contributed by atoms with Crippen molar-refractivity contribution in [1.29, 1.82) is 5.26 Å². The molecule has 0 N–H and O–H groups in total. The highest BCUT2D eigenvalue weighted by atomic mass is 35.5. The Balaban J connectivity index is 1.73. The van der Waals surface area contributed by atoms with E-state index >= 15 is 0 Å². The standard InChI is InChI=1S/C19H23ClN4S/c1-22-8-10-23(11-9-22)17-5-7-24(20)18-3-2-15(4-6-21)12-19(18)14-25-13-16(17)19/h3-5,13H,2,7-12,14H2,1H3/b15-4+. The van der Waals surface area contributed by atoms with Crippen LogP contribution in [0.5, 0.6) is 0 Å². The molecule has 0 aromatic heterocycles. The molecule has 0 radical (unpaired) electrons. The van der Waals surface area contributed by atoms with E-state index in [0.717, 1.165) is 51.3 Å². The molecule has 1 unspecified atom stereocenters. The summed E-state index contributed by atoms with van der Waals surface area (Å²) in [5.41, 5.74) is 5.11. The maximum atomic E-state index is 9.11. The summed E-state index contributed by atoms with van der Waals surface area (Å²) in [6.07, 6.45) is 7.99. The number of hydrogen-bond acceptors (Lipinski definition) is 5. The van der Waals surface area contributed by atoms with Gasteiger partial charge in [-0.2, -0.15) is 5.26 Å². The van der Waals surface area contributed by atoms with Gasteiger partial charge in [-0.15, -0.1) is 11.8 Å². The molecule has 1 saturated heterocycles. The molecular weight excluding hydrogens is 352 g/mol. The van der Waals surface area contributed by atoms with Gasteiger partial charge in [0.15, 0.2) is 0 Å². The Labute approximate surface area is 159 Å². The summed E-state index contributed by atoms with van der Waals surface area (Å²) in [5, 5.41) is 11.4. The van der Waals surface area contributed by atoms with Gasteiger partial charge in [-0.3, -0.25) is 4.42 Å². The maximum Gasteiger partial charge on any atom is 0.0911 e. The molecule has 1 spiro atoms. The summed E-state index contributed by atoms with van der Waals surface area (Å²) < 4.78 is 1.89. The Morgan fingerprint density at radius 3 is 2.84 bits per heavy atom. The van der Waals surface area contributed by atoms with E-state index in [1.165, 1.54) is 22.5 Å². The van der Waals surface area contributed by atoms with Gasteiger partial charge in [-0.25, -0.2) is 0 Å². The molecule has 1 aliphatic carbocycles. The van der Waals surface area contributed by atoms with E-state index in [-0.39, 0.29) is 5.41 Å². The zero-order valence-electron chi connectivity index (χ0n) is 14.5. The number of thioether (sulfide) groups is 1. The Morgan fingerprint density at radius 1 is 1.28 bits per heavy atom. The highest BCUT2D eigenvalue weighted by Crippen LogP contribution is 2.57. The Morgan fingerprint density at radius 2 is 2.08 bits per heavy atom. The van der Waals surface area contributed by atoms with Gasteiger partial charge in [-0.1, -0.05) is 11.6 Å². The van der Waals surface area contributed by atoms with Crippen molar-refractivity contribution in [2.24, 2.45) is 5.41 Å². The first-order valence-corrected chi connectivity index (χ1v) is 10.2. The third-order valence-electron chi connectivity index (χ3n) is 5.72. The number of nitriles is 1. The molecule has 3 heterocycles. The first kappa shape index (κ1) is 17.1. The predicted molar refractivity (Wildman–Crippen MR) is 104 cm³/mol. The number of allylic oxidation sites excluding steroid dienone is 5. The average Bonchev–Trinajstić information content (AvgIpc) is 2.95. The molecule has 6 heteroatoms. The zero-order valence-corrected chi connectivity index (χ0v) is 16.1. The predicted octanol–water partition coefficient (Wildman–Crippen LogP) is 3.33. The minimum absolute atomic E-state index is 0.0843. The third kappa shape index (κ3) is 2.91. The SMILES string of the molecule is CN1CCN(C2=CCN(Cl)C3=CC/C(=C\C#N)CC34CSC=C24)CC1. The van der Waals surface area contributed by atoms with Crippen LogP contribution in [0.1, 0.15) is 12.8 Å². The number of piperazine rings is 1. The van der Waals surface area contributed by atoms with Gasteiger partial charge in [-0.05, 0) is 36.9 Å². The van der Waals surface area contributed by atoms with Crippen molar-refractivity contribution in [3.05, 3.63) is 46.2 Å². The van der Waals surface area contributed by atoms with Crippen molar-refractivity contribution in [1.82, 2.24) is 14.2 Å². The lowest BCUT2D eigenvalue weighted by atomic mass is 9.70. The van der Waals surface area contributed by atoms with Crippen molar-refractivity contribution < 1.29 is 0 Å². The van der Waals surface area contributed by atoms with Crippen LogP contribution in [0, 0.1) is 16.7 Å². The lowest BCUT2D eigenvalue weighted by Gasteiger charge is -2.42. The maximum absolute atomic E-state index is 9.11. The van der Waals surface area contributed by atoms with Crippen molar-refractivity contribution in [3.63, 3.8) is 0 Å². The molecule has 1 atom stereocenters. The molecule has 4 aliphatic rings. The van der Waals surface area contributed by atoms with Crippen molar-refractivity contribution in [2.75, 3.05) is 45.5 Å². The number of rotatable bonds is 1. The van der Waals surface area contributed by atoms with Crippen LogP contribution in [-0.4, -0.2) is 59.7 Å². The first-order chi connectivity index (χ1) is 12.1. The van der Waals surface area contributed by atoms with E-state index in [2.05, 4.69) is 40.5 Å². The molecule has 0 aromatic carbocycles. The number of halogens is 1. The number of likely N-dealkylation sites (N-methyl/N-ethyl adjacent to an activating group) is 1. The number of hydrogen-bond donors (Lipinski definition) is 0. The Hall–Kier alpha value is -1.35. The van der Waals surface area contributed by atoms with Crippen LogP contribution >= 0.6 is 23.5 Å². The van der Waals surface area contributed by atoms with E-state index in [9.17, 15) is 0 Å². The van der Waals surface area contributed by atoms with Crippen molar-refractivity contribution in [2.45, 2.75) is 12.8 Å². The molecule has 0 amide bonds. The van der Waals surface area contributed by atoms with E-state index < -0.39 is 0 Å². The molecule has 4 rings (SSSR count). The van der Waals surface area contributed by atoms with Crippen LogP contribution in [0.3, 0.4) is 0 Å². The normalized spacial score (nSPS) is 31.6. The van der Waals surface area contributed by atoms with Crippen molar-refractivity contribution in [3.8, 4) is 6.07 Å². The molecule has 25 heavy (non-hydrogen) atoms. The lowest BCUT2D eigenvalue weighted by molar-refractivity contribution is 0.185. The fraction of sp³-hybridized carbons (Fsp3) is 0.526. The van der Waals surface area contributed by atoms with Crippen LogP contribution < -0.4 is 0 Å². The van der Waals surface area contributed by atoms with Crippen LogP contribution in [-0.2, 0) is 0 Å². The van der Waals surface area contributed by atoms with Gasteiger partial charge >= 0.3 is 0 Å². The summed E-state index contributed by atoms with van der Waals surface area (Å²) in [6.45, 7) is 5.04. The fourth-order valence-corrected chi connectivity index (χ4v) is 5.94. The summed E-state index contributed by atoms with van der Waals surface area (Å²) in [7, 11) is 2.19. The van der Waals surface area contributed by atoms with Crippen LogP contribution in [0.2, 0.25) is 0 Å². The summed E-state index contributed by atoms with van der Waals surface area (Å²) in [4.78, 5) is 4.91. The number of nitrogens with zero attached hydrogens (tertiary/aromatic N) is 4. The quantitative estimate of drug-likeness (QED) is 0.519. The molecule has 0 saturated carbocycles. The highest BCUT2D eigenvalue weighted by molar-refractivity contribution is 8.02. The molecule has 132 valence electrons. The fourth-order valence-electron chi connectivity index (χ4n) is 4.35. The highest BCUT2D eigenvalue weighted by Gasteiger charge is 2.48. The second-order valence-corrected chi connectivity index (χ2v) is 8.52. The Kier molecular flexibility index (Phi) is 4.61. The van der Waals surface area contributed by atoms with Crippen LogP contribution in [0.4, 0.5) is 0 Å². The van der Waals surface area contributed by atoms with E-state index in [4.69, 9.17) is 17.0 Å². The molecule has 1 fully saturated rings. The second-order valence-electron chi connectivity index (χ2n) is 7.25. The first-order valence-electron chi connectivity index (χ1n) is 8.82. The minimum Gasteiger partial charge on any atom is -0.369 e. The summed E-state index contributed by atoms with van der Waals surface area (Å²) in [6, 6.07) is 2.22. The second kappa shape index (κ2) is 6.75. The molecule has 0 bridgehead atoms. The molecule has 3 aliphatic heterocycles. The van der Waals surface area contributed by atoms with E-state index in [0.29, 0.717) is 0 Å². The largest absolute Gasteiger partial charge is 0.369 e. The van der Waals surface area contributed by atoms with Gasteiger partial charge in [0, 0.05) is 61.2 Å². The summed E-state index contributed by atoms with van der Waals surface area (Å²) >= 11 is 8.56. The average molecular weight is 375 g/mol. The monoisotopic (exact) mass is 374 g/mol. The van der Waals surface area contributed by atoms with Gasteiger partial charge < -0.3 is 9.80 Å². The van der Waals surface area contributed by atoms with Crippen molar-refractivity contribution >= 4 is 23.5 Å². The van der Waals surface area contributed by atoms with Gasteiger partial charge in [0.05, 0.1) is 18.0 Å². The van der Waals surface area contributed by atoms with Crippen LogP contribution in [0.25, 0.3) is 0 Å². The third-order valence-corrected chi connectivity index (χ3v) is 7.10. The van der Waals surface area contributed by atoms with Gasteiger partial charge in [0.1, 0.15) is 0 Å². The molecule has 0 aromatic rings. The summed E-state index contributed by atoms with van der Waals surface area (Å²) in [5.74, 6) is 1.01. The van der Waals surface area contributed by atoms with Crippen LogP contribution in [0.15, 0.2) is 46.2 Å². The van der Waals surface area contributed by atoms with Gasteiger partial charge in [0.2, 0.25) is 0 Å². The van der Waals surface area contributed by atoms with E-state index in [1.54, 1.807) is 6.08 Å².